The predicted octanol–water partition coefficient (Wildman–Crippen LogP) is 2.32. The number of Topliss-reactive ketones (excluding diaryl/α,β-unsaturated/α-hetero) is 2. The van der Waals surface area contributed by atoms with Crippen molar-refractivity contribution in [2.75, 3.05) is 21.3 Å². The maximum absolute atomic E-state index is 12.8. The van der Waals surface area contributed by atoms with Gasteiger partial charge in [-0.25, -0.2) is 0 Å². The molecule has 1 N–H and O–H groups in total. The maximum atomic E-state index is 12.8. The number of hydrogen-bond acceptors (Lipinski definition) is 6. The standard InChI is InChI=1S/C19H18N2O4/c1-20-21-17(11-8-9-14(24-2)15(10-11)25-3)16-18(22)12-6-4-5-7-13(12)19(16)23/h4-10,16,20H,1-3H3/b21-17-. The Morgan fingerprint density at radius 2 is 1.56 bits per heavy atom. The minimum Gasteiger partial charge on any atom is -0.493 e. The van der Waals surface area contributed by atoms with Gasteiger partial charge < -0.3 is 14.9 Å². The molecule has 0 unspecified atom stereocenters. The molecular formula is C19H18N2O4. The van der Waals surface area contributed by atoms with Crippen molar-refractivity contribution in [3.8, 4) is 11.5 Å². The van der Waals surface area contributed by atoms with Gasteiger partial charge in [-0.05, 0) is 18.2 Å². The molecule has 0 atom stereocenters. The summed E-state index contributed by atoms with van der Waals surface area (Å²) in [6, 6.07) is 12.0. The van der Waals surface area contributed by atoms with E-state index in [1.165, 1.54) is 7.11 Å². The van der Waals surface area contributed by atoms with Crippen LogP contribution in [0.3, 0.4) is 0 Å². The number of nitrogens with one attached hydrogen (secondary N) is 1. The molecule has 1 aliphatic rings. The molecule has 0 spiro atoms. The van der Waals surface area contributed by atoms with E-state index in [0.29, 0.717) is 33.9 Å². The van der Waals surface area contributed by atoms with E-state index in [-0.39, 0.29) is 11.6 Å². The van der Waals surface area contributed by atoms with Crippen LogP contribution < -0.4 is 14.9 Å². The van der Waals surface area contributed by atoms with Crippen molar-refractivity contribution in [1.29, 1.82) is 0 Å². The first-order valence-corrected chi connectivity index (χ1v) is 7.76. The fourth-order valence-corrected chi connectivity index (χ4v) is 3.00. The third-order valence-corrected chi connectivity index (χ3v) is 4.17. The van der Waals surface area contributed by atoms with Gasteiger partial charge >= 0.3 is 0 Å². The molecule has 6 nitrogen and oxygen atoms in total. The molecular weight excluding hydrogens is 320 g/mol. The molecule has 2 aromatic rings. The quantitative estimate of drug-likeness (QED) is 0.514. The van der Waals surface area contributed by atoms with E-state index < -0.39 is 5.92 Å². The van der Waals surface area contributed by atoms with Crippen molar-refractivity contribution in [3.05, 3.63) is 59.2 Å². The van der Waals surface area contributed by atoms with Gasteiger partial charge in [0.15, 0.2) is 23.1 Å². The minimum absolute atomic E-state index is 0.246. The Labute approximate surface area is 145 Å². The lowest BCUT2D eigenvalue weighted by Crippen LogP contribution is -2.28. The summed E-state index contributed by atoms with van der Waals surface area (Å²) in [7, 11) is 4.69. The maximum Gasteiger partial charge on any atom is 0.180 e. The van der Waals surface area contributed by atoms with Crippen LogP contribution in [-0.2, 0) is 0 Å². The number of ether oxygens (including phenoxy) is 2. The Morgan fingerprint density at radius 3 is 2.08 bits per heavy atom. The summed E-state index contributed by atoms with van der Waals surface area (Å²) in [5.74, 6) is -0.404. The summed E-state index contributed by atoms with van der Waals surface area (Å²) in [5, 5.41) is 4.22. The lowest BCUT2D eigenvalue weighted by atomic mass is 9.92. The number of benzene rings is 2. The Kier molecular flexibility index (Phi) is 4.52. The molecule has 25 heavy (non-hydrogen) atoms. The Hall–Kier alpha value is -3.15. The van der Waals surface area contributed by atoms with E-state index in [0.717, 1.165) is 0 Å². The van der Waals surface area contributed by atoms with E-state index in [1.807, 2.05) is 0 Å². The molecule has 0 fully saturated rings. The number of hydrogen-bond donors (Lipinski definition) is 1. The second-order valence-corrected chi connectivity index (χ2v) is 5.50. The van der Waals surface area contributed by atoms with Crippen LogP contribution in [0.2, 0.25) is 0 Å². The molecule has 0 saturated carbocycles. The van der Waals surface area contributed by atoms with Crippen LogP contribution in [-0.4, -0.2) is 38.5 Å². The third-order valence-electron chi connectivity index (χ3n) is 4.17. The first kappa shape index (κ1) is 16.7. The molecule has 6 heteroatoms. The molecule has 0 aliphatic heterocycles. The van der Waals surface area contributed by atoms with Gasteiger partial charge in [0.05, 0.1) is 19.9 Å². The highest BCUT2D eigenvalue weighted by Gasteiger charge is 2.42. The van der Waals surface area contributed by atoms with E-state index in [4.69, 9.17) is 9.47 Å². The van der Waals surface area contributed by atoms with Gasteiger partial charge in [0.1, 0.15) is 5.92 Å². The lowest BCUT2D eigenvalue weighted by Gasteiger charge is -2.14. The van der Waals surface area contributed by atoms with E-state index in [2.05, 4.69) is 10.5 Å². The minimum atomic E-state index is -0.969. The highest BCUT2D eigenvalue weighted by atomic mass is 16.5. The average molecular weight is 338 g/mol. The molecule has 1 aliphatic carbocycles. The van der Waals surface area contributed by atoms with Crippen molar-refractivity contribution < 1.29 is 19.1 Å². The molecule has 3 rings (SSSR count). The van der Waals surface area contributed by atoms with Crippen LogP contribution in [0.25, 0.3) is 0 Å². The first-order valence-electron chi connectivity index (χ1n) is 7.76. The molecule has 0 aromatic heterocycles. The summed E-state index contributed by atoms with van der Waals surface area (Å²) < 4.78 is 10.5. The zero-order valence-corrected chi connectivity index (χ0v) is 14.2. The van der Waals surface area contributed by atoms with Crippen LogP contribution in [0.1, 0.15) is 26.3 Å². The predicted molar refractivity (Wildman–Crippen MR) is 93.7 cm³/mol. The lowest BCUT2D eigenvalue weighted by molar-refractivity contribution is 0.0883. The second-order valence-electron chi connectivity index (χ2n) is 5.50. The first-order chi connectivity index (χ1) is 12.1. The number of nitrogens with zero attached hydrogens (tertiary/aromatic N) is 1. The van der Waals surface area contributed by atoms with Crippen molar-refractivity contribution >= 4 is 17.3 Å². The summed E-state index contributed by atoms with van der Waals surface area (Å²) >= 11 is 0. The van der Waals surface area contributed by atoms with Gasteiger partial charge in [-0.1, -0.05) is 24.3 Å². The largest absolute Gasteiger partial charge is 0.493 e. The Bertz CT molecular complexity index is 838. The van der Waals surface area contributed by atoms with Crippen LogP contribution in [0.4, 0.5) is 0 Å². The van der Waals surface area contributed by atoms with Gasteiger partial charge in [-0.2, -0.15) is 5.10 Å². The average Bonchev–Trinajstić information content (AvgIpc) is 2.90. The molecule has 128 valence electrons. The molecule has 0 bridgehead atoms. The van der Waals surface area contributed by atoms with Gasteiger partial charge in [0, 0.05) is 23.7 Å². The van der Waals surface area contributed by atoms with Crippen LogP contribution in [0.5, 0.6) is 11.5 Å². The normalized spacial score (nSPS) is 14.4. The molecule has 2 aromatic carbocycles. The van der Waals surface area contributed by atoms with Gasteiger partial charge in [-0.3, -0.25) is 9.59 Å². The number of hydrazone groups is 1. The van der Waals surface area contributed by atoms with Crippen LogP contribution in [0, 0.1) is 5.92 Å². The highest BCUT2D eigenvalue weighted by molar-refractivity contribution is 6.38. The van der Waals surface area contributed by atoms with Crippen molar-refractivity contribution in [3.63, 3.8) is 0 Å². The highest BCUT2D eigenvalue weighted by Crippen LogP contribution is 2.33. The number of rotatable bonds is 5. The number of ketones is 2. The molecule has 0 heterocycles. The van der Waals surface area contributed by atoms with Gasteiger partial charge in [0.2, 0.25) is 0 Å². The molecule has 0 saturated heterocycles. The van der Waals surface area contributed by atoms with Gasteiger partial charge in [-0.15, -0.1) is 0 Å². The Balaban J connectivity index is 2.09. The van der Waals surface area contributed by atoms with E-state index >= 15 is 0 Å². The summed E-state index contributed by atoms with van der Waals surface area (Å²) in [6.45, 7) is 0. The van der Waals surface area contributed by atoms with Crippen LogP contribution in [0.15, 0.2) is 47.6 Å². The van der Waals surface area contributed by atoms with Crippen LogP contribution >= 0.6 is 0 Å². The number of carbonyl (C=O) groups excluding carboxylic acids is 2. The van der Waals surface area contributed by atoms with Crippen molar-refractivity contribution in [2.24, 2.45) is 11.0 Å². The fourth-order valence-electron chi connectivity index (χ4n) is 3.00. The monoisotopic (exact) mass is 338 g/mol. The van der Waals surface area contributed by atoms with Crippen molar-refractivity contribution in [2.45, 2.75) is 0 Å². The summed E-state index contributed by atoms with van der Waals surface area (Å²) in [5.41, 5.74) is 4.53. The van der Waals surface area contributed by atoms with E-state index in [1.54, 1.807) is 56.6 Å². The number of fused-ring (bicyclic) bond motifs is 1. The SMILES string of the molecule is CN/N=C(/c1ccc(OC)c(OC)c1)C1C(=O)c2ccccc2C1=O. The van der Waals surface area contributed by atoms with E-state index in [9.17, 15) is 9.59 Å². The third kappa shape index (κ3) is 2.76. The second kappa shape index (κ2) is 6.76. The summed E-state index contributed by atoms with van der Waals surface area (Å²) in [4.78, 5) is 25.6. The zero-order valence-electron chi connectivity index (χ0n) is 14.2. The summed E-state index contributed by atoms with van der Waals surface area (Å²) in [6.07, 6.45) is 0. The number of carbonyl (C=O) groups is 2. The number of methoxy groups -OCH3 is 2. The van der Waals surface area contributed by atoms with Crippen molar-refractivity contribution in [1.82, 2.24) is 5.43 Å². The molecule has 0 amide bonds. The molecule has 0 radical (unpaired) electrons. The Morgan fingerprint density at radius 1 is 0.960 bits per heavy atom. The zero-order chi connectivity index (χ0) is 18.0. The fraction of sp³-hybridized carbons (Fsp3) is 0.211. The van der Waals surface area contributed by atoms with Gasteiger partial charge in [0.25, 0.3) is 0 Å². The smallest absolute Gasteiger partial charge is 0.180 e. The topological polar surface area (TPSA) is 77.0 Å².